The van der Waals surface area contributed by atoms with Crippen LogP contribution in [0.5, 0.6) is 0 Å². The molecule has 0 radical (unpaired) electrons. The van der Waals surface area contributed by atoms with E-state index in [0.29, 0.717) is 0 Å². The molecule has 0 aromatic heterocycles. The minimum absolute atomic E-state index is 0.103. The van der Waals surface area contributed by atoms with E-state index in [-0.39, 0.29) is 46.6 Å². The van der Waals surface area contributed by atoms with E-state index in [1.165, 1.54) is 12.1 Å². The van der Waals surface area contributed by atoms with Crippen LogP contribution in [0.25, 0.3) is 0 Å². The molecule has 0 bridgehead atoms. The summed E-state index contributed by atoms with van der Waals surface area (Å²) in [6, 6.07) is 14.2. The third-order valence-electron chi connectivity index (χ3n) is 6.33. The molecule has 2 aromatic carbocycles. The summed E-state index contributed by atoms with van der Waals surface area (Å²) in [4.78, 5) is 22.8. The fraction of sp³-hybridized carbons (Fsp3) is 0.480. The highest BCUT2D eigenvalue weighted by molar-refractivity contribution is 7.44. The zero-order chi connectivity index (χ0) is 26.5. The molecule has 0 amide bonds. The predicted octanol–water partition coefficient (Wildman–Crippen LogP) is 6.81. The fourth-order valence-electron chi connectivity index (χ4n) is 4.85. The molecule has 1 unspecified atom stereocenters. The summed E-state index contributed by atoms with van der Waals surface area (Å²) in [5.74, 6) is 0. The maximum atomic E-state index is 11.9. The van der Waals surface area contributed by atoms with Gasteiger partial charge in [-0.3, -0.25) is 20.2 Å². The van der Waals surface area contributed by atoms with Crippen LogP contribution in [0.4, 0.5) is 11.4 Å². The van der Waals surface area contributed by atoms with Crippen LogP contribution in [0.2, 0.25) is 0 Å². The number of nitriles is 1. The van der Waals surface area contributed by atoms with Crippen LogP contribution in [0, 0.1) is 31.6 Å². The highest BCUT2D eigenvalue weighted by Crippen LogP contribution is 2.59. The molecule has 11 heteroatoms. The normalized spacial score (nSPS) is 17.9. The Bertz CT molecular complexity index is 1080. The number of para-hydroxylation sites is 2. The molecular formula is C25H31N4O6P. The van der Waals surface area contributed by atoms with Gasteiger partial charge in [0.1, 0.15) is 6.10 Å². The molecule has 1 aliphatic heterocycles. The fourth-order valence-corrected chi connectivity index (χ4v) is 6.86. The van der Waals surface area contributed by atoms with E-state index < -0.39 is 24.5 Å². The SMILES string of the molecule is CC1(C)CCCC(C)(C)N1P(OCCC#N)OC(c1ccccc1[N+](=O)[O-])c1ccccc1[N+](=O)[O-]. The molecular weight excluding hydrogens is 483 g/mol. The number of piperidine rings is 1. The van der Waals surface area contributed by atoms with Crippen molar-refractivity contribution in [2.45, 2.75) is 70.6 Å². The first-order chi connectivity index (χ1) is 17.0. The largest absolute Gasteiger partial charge is 0.321 e. The van der Waals surface area contributed by atoms with Crippen molar-refractivity contribution in [2.75, 3.05) is 6.61 Å². The molecule has 1 aliphatic rings. The number of hydrogen-bond acceptors (Lipinski definition) is 8. The molecule has 1 heterocycles. The van der Waals surface area contributed by atoms with Crippen LogP contribution in [0.15, 0.2) is 48.5 Å². The van der Waals surface area contributed by atoms with Crippen LogP contribution in [-0.4, -0.2) is 32.2 Å². The Morgan fingerprint density at radius 2 is 1.44 bits per heavy atom. The zero-order valence-electron chi connectivity index (χ0n) is 20.9. The second-order valence-corrected chi connectivity index (χ2v) is 11.2. The van der Waals surface area contributed by atoms with Crippen molar-refractivity contribution >= 4 is 19.9 Å². The molecule has 1 fully saturated rings. The van der Waals surface area contributed by atoms with Crippen molar-refractivity contribution in [3.8, 4) is 6.07 Å². The molecule has 2 aromatic rings. The van der Waals surface area contributed by atoms with E-state index in [2.05, 4.69) is 38.4 Å². The molecule has 36 heavy (non-hydrogen) atoms. The summed E-state index contributed by atoms with van der Waals surface area (Å²) in [7, 11) is -1.88. The van der Waals surface area contributed by atoms with Gasteiger partial charge >= 0.3 is 0 Å². The standard InChI is InChI=1S/C25H31N4O6P/c1-24(2)15-9-16-25(3,4)29(24)36(34-18-10-17-26)35-23(19-11-5-7-13-21(19)27(30)31)20-12-6-8-14-22(20)28(32)33/h5-8,11-14,23H,9-10,15-16,18H2,1-4H3. The summed E-state index contributed by atoms with van der Waals surface area (Å²) in [6.07, 6.45) is 1.76. The van der Waals surface area contributed by atoms with E-state index in [0.717, 1.165) is 19.3 Å². The third-order valence-corrected chi connectivity index (χ3v) is 8.53. The van der Waals surface area contributed by atoms with Crippen LogP contribution in [0.1, 0.15) is 70.6 Å². The minimum atomic E-state index is -1.88. The molecule has 1 saturated heterocycles. The second kappa shape index (κ2) is 11.4. The second-order valence-electron chi connectivity index (χ2n) is 9.89. The molecule has 3 rings (SSSR count). The van der Waals surface area contributed by atoms with Gasteiger partial charge in [-0.05, 0) is 59.1 Å². The average Bonchev–Trinajstić information content (AvgIpc) is 2.81. The molecule has 0 aliphatic carbocycles. The average molecular weight is 515 g/mol. The van der Waals surface area contributed by atoms with Gasteiger partial charge in [-0.25, -0.2) is 4.67 Å². The lowest BCUT2D eigenvalue weighted by atomic mass is 9.83. The van der Waals surface area contributed by atoms with Gasteiger partial charge in [0.05, 0.1) is 40.1 Å². The quantitative estimate of drug-likeness (QED) is 0.146. The van der Waals surface area contributed by atoms with Gasteiger partial charge < -0.3 is 9.05 Å². The topological polar surface area (TPSA) is 132 Å². The van der Waals surface area contributed by atoms with E-state index in [9.17, 15) is 20.2 Å². The molecule has 10 nitrogen and oxygen atoms in total. The summed E-state index contributed by atoms with van der Waals surface area (Å²) < 4.78 is 14.9. The van der Waals surface area contributed by atoms with Gasteiger partial charge in [-0.15, -0.1) is 0 Å². The van der Waals surface area contributed by atoms with Crippen molar-refractivity contribution in [3.05, 3.63) is 79.9 Å². The minimum Gasteiger partial charge on any atom is -0.321 e. The van der Waals surface area contributed by atoms with E-state index >= 15 is 0 Å². The maximum absolute atomic E-state index is 11.9. The van der Waals surface area contributed by atoms with Crippen LogP contribution in [-0.2, 0) is 9.05 Å². The Hall–Kier alpha value is -2.96. The van der Waals surface area contributed by atoms with E-state index in [4.69, 9.17) is 14.3 Å². The van der Waals surface area contributed by atoms with Crippen LogP contribution >= 0.6 is 8.53 Å². The van der Waals surface area contributed by atoms with Gasteiger partial charge in [0, 0.05) is 23.2 Å². The molecule has 0 spiro atoms. The smallest absolute Gasteiger partial charge is 0.275 e. The summed E-state index contributed by atoms with van der Waals surface area (Å²) >= 11 is 0. The van der Waals surface area contributed by atoms with Crippen molar-refractivity contribution < 1.29 is 18.9 Å². The Balaban J connectivity index is 2.19. The first kappa shape index (κ1) is 27.6. The summed E-state index contributed by atoms with van der Waals surface area (Å²) in [6.45, 7) is 8.46. The highest BCUT2D eigenvalue weighted by Gasteiger charge is 2.48. The first-order valence-corrected chi connectivity index (χ1v) is 12.9. The van der Waals surface area contributed by atoms with Crippen molar-refractivity contribution in [1.82, 2.24) is 4.67 Å². The third kappa shape index (κ3) is 6.05. The Kier molecular flexibility index (Phi) is 8.75. The first-order valence-electron chi connectivity index (χ1n) is 11.7. The van der Waals surface area contributed by atoms with Gasteiger partial charge in [0.25, 0.3) is 19.9 Å². The van der Waals surface area contributed by atoms with Gasteiger partial charge in [0.15, 0.2) is 0 Å². The lowest BCUT2D eigenvalue weighted by molar-refractivity contribution is -0.387. The van der Waals surface area contributed by atoms with Gasteiger partial charge in [-0.2, -0.15) is 5.26 Å². The zero-order valence-corrected chi connectivity index (χ0v) is 21.8. The predicted molar refractivity (Wildman–Crippen MR) is 136 cm³/mol. The lowest BCUT2D eigenvalue weighted by Gasteiger charge is -2.54. The van der Waals surface area contributed by atoms with Crippen molar-refractivity contribution in [3.63, 3.8) is 0 Å². The van der Waals surface area contributed by atoms with E-state index in [1.807, 2.05) is 0 Å². The number of benzene rings is 2. The Labute approximate surface area is 212 Å². The molecule has 1 atom stereocenters. The summed E-state index contributed by atoms with van der Waals surface area (Å²) in [5, 5.41) is 32.9. The molecule has 0 N–H and O–H groups in total. The Morgan fingerprint density at radius 1 is 0.972 bits per heavy atom. The molecule has 0 saturated carbocycles. The van der Waals surface area contributed by atoms with Crippen LogP contribution < -0.4 is 0 Å². The highest BCUT2D eigenvalue weighted by atomic mass is 31.2. The number of nitrogens with zero attached hydrogens (tertiary/aromatic N) is 4. The number of hydrogen-bond donors (Lipinski definition) is 0. The number of nitro benzene ring substituents is 2. The number of nitro groups is 2. The van der Waals surface area contributed by atoms with Crippen molar-refractivity contribution in [2.24, 2.45) is 0 Å². The Morgan fingerprint density at radius 3 is 1.89 bits per heavy atom. The van der Waals surface area contributed by atoms with Crippen molar-refractivity contribution in [1.29, 1.82) is 5.26 Å². The monoisotopic (exact) mass is 514 g/mol. The summed E-state index contributed by atoms with van der Waals surface area (Å²) in [5.41, 5.74) is -0.692. The van der Waals surface area contributed by atoms with Crippen LogP contribution in [0.3, 0.4) is 0 Å². The maximum Gasteiger partial charge on any atom is 0.275 e. The van der Waals surface area contributed by atoms with E-state index in [1.54, 1.807) is 36.4 Å². The van der Waals surface area contributed by atoms with Gasteiger partial charge in [0.2, 0.25) is 0 Å². The van der Waals surface area contributed by atoms with Gasteiger partial charge in [-0.1, -0.05) is 24.3 Å². The number of rotatable bonds is 10. The molecule has 192 valence electrons. The lowest BCUT2D eigenvalue weighted by Crippen LogP contribution is -2.55.